The van der Waals surface area contributed by atoms with Crippen LogP contribution in [0.25, 0.3) is 0 Å². The Morgan fingerprint density at radius 2 is 2.11 bits per heavy atom. The van der Waals surface area contributed by atoms with Gasteiger partial charge in [-0.3, -0.25) is 4.79 Å². The maximum atomic E-state index is 11.9. The molecule has 1 unspecified atom stereocenters. The van der Waals surface area contributed by atoms with E-state index in [0.29, 0.717) is 16.1 Å². The van der Waals surface area contributed by atoms with Crippen molar-refractivity contribution in [2.24, 2.45) is 11.8 Å². The molecule has 1 aliphatic carbocycles. The van der Waals surface area contributed by atoms with Gasteiger partial charge in [-0.05, 0) is 52.9 Å². The summed E-state index contributed by atoms with van der Waals surface area (Å²) >= 11 is 3.30. The van der Waals surface area contributed by atoms with Crippen molar-refractivity contribution in [2.45, 2.75) is 19.8 Å². The minimum Gasteiger partial charge on any atom is -0.478 e. The molecule has 1 atom stereocenters. The third-order valence-corrected chi connectivity index (χ3v) is 3.91. The smallest absolute Gasteiger partial charge is 0.335 e. The highest BCUT2D eigenvalue weighted by molar-refractivity contribution is 9.10. The Hall–Kier alpha value is -1.36. The second-order valence-electron chi connectivity index (χ2n) is 4.62. The summed E-state index contributed by atoms with van der Waals surface area (Å²) in [5, 5.41) is 11.7. The Kier molecular flexibility index (Phi) is 3.71. The number of nitrogens with one attached hydrogen (secondary N) is 1. The van der Waals surface area contributed by atoms with E-state index in [-0.39, 0.29) is 17.4 Å². The van der Waals surface area contributed by atoms with Gasteiger partial charge in [0.2, 0.25) is 5.91 Å². The molecular weight excluding hydrogens is 298 g/mol. The van der Waals surface area contributed by atoms with Gasteiger partial charge in [-0.15, -0.1) is 0 Å². The van der Waals surface area contributed by atoms with E-state index in [1.807, 2.05) is 6.92 Å². The van der Waals surface area contributed by atoms with Crippen molar-refractivity contribution in [1.29, 1.82) is 0 Å². The molecule has 0 saturated heterocycles. The maximum Gasteiger partial charge on any atom is 0.335 e. The number of hydrogen-bond acceptors (Lipinski definition) is 2. The molecule has 1 aromatic rings. The summed E-state index contributed by atoms with van der Waals surface area (Å²) in [6.45, 7) is 1.90. The van der Waals surface area contributed by atoms with Crippen LogP contribution in [-0.2, 0) is 4.79 Å². The first kappa shape index (κ1) is 13.1. The molecule has 0 aliphatic heterocycles. The molecule has 1 aliphatic rings. The van der Waals surface area contributed by atoms with Crippen molar-refractivity contribution >= 4 is 33.5 Å². The number of anilines is 1. The molecule has 96 valence electrons. The number of rotatable bonds is 4. The molecule has 18 heavy (non-hydrogen) atoms. The van der Waals surface area contributed by atoms with Gasteiger partial charge in [0, 0.05) is 10.4 Å². The highest BCUT2D eigenvalue weighted by Crippen LogP contribution is 2.37. The first-order valence-electron chi connectivity index (χ1n) is 5.82. The van der Waals surface area contributed by atoms with Gasteiger partial charge in [-0.2, -0.15) is 0 Å². The lowest BCUT2D eigenvalue weighted by Gasteiger charge is -2.12. The van der Waals surface area contributed by atoms with Crippen molar-refractivity contribution in [3.8, 4) is 0 Å². The van der Waals surface area contributed by atoms with E-state index >= 15 is 0 Å². The van der Waals surface area contributed by atoms with Crippen LogP contribution in [0.1, 0.15) is 30.1 Å². The van der Waals surface area contributed by atoms with Crippen molar-refractivity contribution in [3.05, 3.63) is 28.2 Å². The number of halogens is 1. The van der Waals surface area contributed by atoms with Gasteiger partial charge in [0.05, 0.1) is 11.3 Å². The highest BCUT2D eigenvalue weighted by atomic mass is 79.9. The number of carboxylic acid groups (broad SMARTS) is 1. The zero-order chi connectivity index (χ0) is 13.3. The molecule has 1 amide bonds. The van der Waals surface area contributed by atoms with E-state index in [9.17, 15) is 9.59 Å². The molecule has 5 heteroatoms. The monoisotopic (exact) mass is 311 g/mol. The summed E-state index contributed by atoms with van der Waals surface area (Å²) in [6, 6.07) is 4.58. The second-order valence-corrected chi connectivity index (χ2v) is 5.47. The fourth-order valence-electron chi connectivity index (χ4n) is 1.81. The number of hydrogen-bond donors (Lipinski definition) is 2. The number of amides is 1. The predicted octanol–water partition coefficient (Wildman–Crippen LogP) is 3.13. The van der Waals surface area contributed by atoms with Gasteiger partial charge >= 0.3 is 5.97 Å². The van der Waals surface area contributed by atoms with E-state index in [1.54, 1.807) is 6.07 Å². The summed E-state index contributed by atoms with van der Waals surface area (Å²) in [6.07, 6.45) is 2.20. The van der Waals surface area contributed by atoms with Crippen molar-refractivity contribution in [2.75, 3.05) is 5.32 Å². The van der Waals surface area contributed by atoms with Gasteiger partial charge in [0.15, 0.2) is 0 Å². The molecule has 2 N–H and O–H groups in total. The molecule has 1 fully saturated rings. The molecule has 0 bridgehead atoms. The van der Waals surface area contributed by atoms with Gasteiger partial charge < -0.3 is 10.4 Å². The van der Waals surface area contributed by atoms with E-state index in [2.05, 4.69) is 21.2 Å². The van der Waals surface area contributed by atoms with Gasteiger partial charge in [-0.1, -0.05) is 6.92 Å². The number of benzene rings is 1. The molecule has 0 radical (unpaired) electrons. The topological polar surface area (TPSA) is 66.4 Å². The molecule has 1 aromatic carbocycles. The predicted molar refractivity (Wildman–Crippen MR) is 71.6 cm³/mol. The number of aromatic carboxylic acids is 1. The molecule has 1 saturated carbocycles. The number of carbonyl (C=O) groups is 2. The summed E-state index contributed by atoms with van der Waals surface area (Å²) in [5.41, 5.74) is 0.667. The minimum absolute atomic E-state index is 0.0228. The minimum atomic E-state index is -1.01. The van der Waals surface area contributed by atoms with E-state index < -0.39 is 5.97 Å². The van der Waals surface area contributed by atoms with Crippen LogP contribution in [0, 0.1) is 11.8 Å². The number of carbonyl (C=O) groups excluding carboxylic acids is 1. The average molecular weight is 312 g/mol. The fraction of sp³-hybridized carbons (Fsp3) is 0.385. The molecular formula is C13H14BrNO3. The third-order valence-electron chi connectivity index (χ3n) is 3.21. The quantitative estimate of drug-likeness (QED) is 0.897. The second kappa shape index (κ2) is 5.10. The summed E-state index contributed by atoms with van der Waals surface area (Å²) in [4.78, 5) is 22.8. The normalized spacial score (nSPS) is 16.1. The van der Waals surface area contributed by atoms with Crippen LogP contribution in [0.4, 0.5) is 5.69 Å². The average Bonchev–Trinajstić information content (AvgIpc) is 3.14. The lowest BCUT2D eigenvalue weighted by Crippen LogP contribution is -2.22. The Labute approximate surface area is 114 Å². The lowest BCUT2D eigenvalue weighted by atomic mass is 10.1. The number of carboxylic acids is 1. The molecule has 2 rings (SSSR count). The van der Waals surface area contributed by atoms with Crippen molar-refractivity contribution in [1.82, 2.24) is 0 Å². The summed E-state index contributed by atoms with van der Waals surface area (Å²) in [7, 11) is 0. The standard InChI is InChI=1S/C13H14BrNO3/c1-7(8-2-3-8)12(16)15-11-6-9(13(17)18)4-5-10(11)14/h4-8H,2-3H2,1H3,(H,15,16)(H,17,18). The van der Waals surface area contributed by atoms with Gasteiger partial charge in [0.1, 0.15) is 0 Å². The van der Waals surface area contributed by atoms with Crippen LogP contribution in [0.5, 0.6) is 0 Å². The van der Waals surface area contributed by atoms with Gasteiger partial charge in [-0.25, -0.2) is 4.79 Å². The van der Waals surface area contributed by atoms with Gasteiger partial charge in [0.25, 0.3) is 0 Å². The van der Waals surface area contributed by atoms with Crippen molar-refractivity contribution in [3.63, 3.8) is 0 Å². The Bertz CT molecular complexity index is 497. The molecule has 0 aromatic heterocycles. The first-order chi connectivity index (χ1) is 8.49. The first-order valence-corrected chi connectivity index (χ1v) is 6.62. The molecule has 0 heterocycles. The van der Waals surface area contributed by atoms with Crippen LogP contribution in [0.3, 0.4) is 0 Å². The lowest BCUT2D eigenvalue weighted by molar-refractivity contribution is -0.119. The van der Waals surface area contributed by atoms with E-state index in [0.717, 1.165) is 12.8 Å². The Morgan fingerprint density at radius 1 is 1.44 bits per heavy atom. The van der Waals surface area contributed by atoms with Crippen molar-refractivity contribution < 1.29 is 14.7 Å². The van der Waals surface area contributed by atoms with Crippen LogP contribution in [0.15, 0.2) is 22.7 Å². The third kappa shape index (κ3) is 2.90. The van der Waals surface area contributed by atoms with Crippen LogP contribution in [0.2, 0.25) is 0 Å². The molecule has 4 nitrogen and oxygen atoms in total. The van der Waals surface area contributed by atoms with Crippen LogP contribution in [-0.4, -0.2) is 17.0 Å². The highest BCUT2D eigenvalue weighted by Gasteiger charge is 2.32. The Balaban J connectivity index is 2.14. The van der Waals surface area contributed by atoms with E-state index in [1.165, 1.54) is 12.1 Å². The van der Waals surface area contributed by atoms with Crippen LogP contribution >= 0.6 is 15.9 Å². The van der Waals surface area contributed by atoms with E-state index in [4.69, 9.17) is 5.11 Å². The summed E-state index contributed by atoms with van der Waals surface area (Å²) < 4.78 is 0.684. The summed E-state index contributed by atoms with van der Waals surface area (Å²) in [5.74, 6) is -0.606. The maximum absolute atomic E-state index is 11.9. The fourth-order valence-corrected chi connectivity index (χ4v) is 2.16. The van der Waals surface area contributed by atoms with Crippen LogP contribution < -0.4 is 5.32 Å². The Morgan fingerprint density at radius 3 is 2.67 bits per heavy atom. The SMILES string of the molecule is CC(C(=O)Nc1cc(C(=O)O)ccc1Br)C1CC1. The zero-order valence-corrected chi connectivity index (χ0v) is 11.5. The largest absolute Gasteiger partial charge is 0.478 e. The zero-order valence-electron chi connectivity index (χ0n) is 9.94. The molecule has 0 spiro atoms.